The highest BCUT2D eigenvalue weighted by Crippen LogP contribution is 2.25. The highest BCUT2D eigenvalue weighted by Gasteiger charge is 2.15. The molecule has 0 aromatic heterocycles. The van der Waals surface area contributed by atoms with E-state index in [0.29, 0.717) is 17.9 Å². The molecular weight excluding hydrogens is 188 g/mol. The fourth-order valence-corrected chi connectivity index (χ4v) is 1.78. The Labute approximate surface area is 90.9 Å². The van der Waals surface area contributed by atoms with Crippen LogP contribution >= 0.6 is 0 Å². The van der Waals surface area contributed by atoms with Crippen molar-refractivity contribution in [3.05, 3.63) is 28.8 Å². The van der Waals surface area contributed by atoms with E-state index in [9.17, 15) is 9.90 Å². The van der Waals surface area contributed by atoms with Crippen molar-refractivity contribution in [1.29, 1.82) is 0 Å². The second-order valence-electron chi connectivity index (χ2n) is 4.50. The molecule has 0 amide bonds. The molecule has 1 N–H and O–H groups in total. The van der Waals surface area contributed by atoms with Crippen molar-refractivity contribution in [1.82, 2.24) is 0 Å². The van der Waals surface area contributed by atoms with E-state index in [0.717, 1.165) is 11.1 Å². The van der Waals surface area contributed by atoms with E-state index in [4.69, 9.17) is 0 Å². The molecular formula is C13H18O2. The third kappa shape index (κ3) is 2.82. The van der Waals surface area contributed by atoms with Gasteiger partial charge in [0.15, 0.2) is 5.78 Å². The number of carbonyl (C=O) groups is 1. The number of ketones is 1. The van der Waals surface area contributed by atoms with Crippen molar-refractivity contribution in [2.24, 2.45) is 5.92 Å². The molecule has 0 aliphatic carbocycles. The molecule has 15 heavy (non-hydrogen) atoms. The Bertz CT molecular complexity index is 355. The Hall–Kier alpha value is -1.31. The first-order valence-corrected chi connectivity index (χ1v) is 5.25. The molecule has 0 fully saturated rings. The van der Waals surface area contributed by atoms with Crippen molar-refractivity contribution in [3.8, 4) is 5.75 Å². The van der Waals surface area contributed by atoms with Crippen molar-refractivity contribution in [2.45, 2.75) is 34.1 Å². The van der Waals surface area contributed by atoms with Crippen molar-refractivity contribution < 1.29 is 9.90 Å². The van der Waals surface area contributed by atoms with Crippen molar-refractivity contribution in [2.75, 3.05) is 0 Å². The minimum Gasteiger partial charge on any atom is -0.507 e. The van der Waals surface area contributed by atoms with E-state index < -0.39 is 0 Å². The molecule has 1 aromatic rings. The number of phenols is 1. The van der Waals surface area contributed by atoms with Gasteiger partial charge < -0.3 is 5.11 Å². The largest absolute Gasteiger partial charge is 0.507 e. The molecule has 0 saturated heterocycles. The molecule has 0 heterocycles. The van der Waals surface area contributed by atoms with Gasteiger partial charge in [0, 0.05) is 6.42 Å². The van der Waals surface area contributed by atoms with E-state index in [1.54, 1.807) is 6.07 Å². The maximum Gasteiger partial charge on any atom is 0.167 e. The van der Waals surface area contributed by atoms with Crippen LogP contribution in [0.1, 0.15) is 41.8 Å². The Balaban J connectivity index is 3.09. The van der Waals surface area contributed by atoms with Crippen LogP contribution in [0.2, 0.25) is 0 Å². The number of carbonyl (C=O) groups excluding carboxylic acids is 1. The van der Waals surface area contributed by atoms with Gasteiger partial charge in [-0.25, -0.2) is 0 Å². The summed E-state index contributed by atoms with van der Waals surface area (Å²) in [6, 6.07) is 3.56. The molecule has 0 atom stereocenters. The molecule has 2 nitrogen and oxygen atoms in total. The molecule has 2 heteroatoms. The summed E-state index contributed by atoms with van der Waals surface area (Å²) in [6.07, 6.45) is 0.484. The number of aromatic hydroxyl groups is 1. The van der Waals surface area contributed by atoms with Gasteiger partial charge in [0.05, 0.1) is 5.56 Å². The molecule has 0 unspecified atom stereocenters. The van der Waals surface area contributed by atoms with Crippen LogP contribution in [0.25, 0.3) is 0 Å². The second-order valence-corrected chi connectivity index (χ2v) is 4.50. The highest BCUT2D eigenvalue weighted by molar-refractivity contribution is 6.00. The zero-order chi connectivity index (χ0) is 11.6. The maximum absolute atomic E-state index is 11.8. The first-order chi connectivity index (χ1) is 6.91. The van der Waals surface area contributed by atoms with Crippen LogP contribution in [0.15, 0.2) is 12.1 Å². The average Bonchev–Trinajstić information content (AvgIpc) is 1.99. The summed E-state index contributed by atoms with van der Waals surface area (Å²) < 4.78 is 0. The standard InChI is InChI=1S/C13H18O2/c1-8(2)5-11(14)13-10(4)6-9(3)7-12(13)15/h6-8,15H,5H2,1-4H3. The molecule has 0 bridgehead atoms. The summed E-state index contributed by atoms with van der Waals surface area (Å²) in [7, 11) is 0. The van der Waals surface area contributed by atoms with Crippen LogP contribution in [0, 0.1) is 19.8 Å². The van der Waals surface area contributed by atoms with Crippen LogP contribution < -0.4 is 0 Å². The topological polar surface area (TPSA) is 37.3 Å². The maximum atomic E-state index is 11.8. The molecule has 0 aliphatic rings. The smallest absolute Gasteiger partial charge is 0.167 e. The second kappa shape index (κ2) is 4.47. The molecule has 0 aliphatic heterocycles. The number of phenolic OH excluding ortho intramolecular Hbond substituents is 1. The number of hydrogen-bond acceptors (Lipinski definition) is 2. The van der Waals surface area contributed by atoms with Crippen LogP contribution in [-0.2, 0) is 0 Å². The summed E-state index contributed by atoms with van der Waals surface area (Å²) in [5, 5.41) is 9.73. The Morgan fingerprint density at radius 1 is 1.33 bits per heavy atom. The van der Waals surface area contributed by atoms with Crippen LogP contribution in [0.5, 0.6) is 5.75 Å². The highest BCUT2D eigenvalue weighted by atomic mass is 16.3. The van der Waals surface area contributed by atoms with Gasteiger partial charge in [0.1, 0.15) is 5.75 Å². The third-order valence-electron chi connectivity index (χ3n) is 2.33. The SMILES string of the molecule is Cc1cc(C)c(C(=O)CC(C)C)c(O)c1. The van der Waals surface area contributed by atoms with Crippen LogP contribution in [0.4, 0.5) is 0 Å². The van der Waals surface area contributed by atoms with Gasteiger partial charge in [-0.15, -0.1) is 0 Å². The summed E-state index contributed by atoms with van der Waals surface area (Å²) in [5.74, 6) is 0.454. The number of benzene rings is 1. The predicted molar refractivity (Wildman–Crippen MR) is 61.4 cm³/mol. The Kier molecular flexibility index (Phi) is 3.51. The lowest BCUT2D eigenvalue weighted by atomic mass is 9.95. The van der Waals surface area contributed by atoms with E-state index in [1.807, 2.05) is 33.8 Å². The van der Waals surface area contributed by atoms with Gasteiger partial charge in [-0.1, -0.05) is 19.9 Å². The first kappa shape index (κ1) is 11.8. The lowest BCUT2D eigenvalue weighted by Crippen LogP contribution is -2.06. The quantitative estimate of drug-likeness (QED) is 0.771. The normalized spacial score (nSPS) is 10.7. The summed E-state index contributed by atoms with van der Waals surface area (Å²) in [6.45, 7) is 7.76. The lowest BCUT2D eigenvalue weighted by molar-refractivity contribution is 0.0964. The fraction of sp³-hybridized carbons (Fsp3) is 0.462. The number of rotatable bonds is 3. The zero-order valence-electron chi connectivity index (χ0n) is 9.79. The average molecular weight is 206 g/mol. The predicted octanol–water partition coefficient (Wildman–Crippen LogP) is 3.24. The fourth-order valence-electron chi connectivity index (χ4n) is 1.78. The molecule has 82 valence electrons. The minimum atomic E-state index is 0.0278. The van der Waals surface area contributed by atoms with E-state index in [1.165, 1.54) is 0 Å². The van der Waals surface area contributed by atoms with Crippen molar-refractivity contribution in [3.63, 3.8) is 0 Å². The van der Waals surface area contributed by atoms with Gasteiger partial charge in [0.25, 0.3) is 0 Å². The molecule has 0 spiro atoms. The van der Waals surface area contributed by atoms with E-state index >= 15 is 0 Å². The number of Topliss-reactive ketones (excluding diaryl/α,β-unsaturated/α-hetero) is 1. The summed E-state index contributed by atoms with van der Waals surface area (Å²) in [5.41, 5.74) is 2.32. The first-order valence-electron chi connectivity index (χ1n) is 5.25. The van der Waals surface area contributed by atoms with Crippen LogP contribution in [0.3, 0.4) is 0 Å². The molecule has 1 aromatic carbocycles. The van der Waals surface area contributed by atoms with E-state index in [2.05, 4.69) is 0 Å². The third-order valence-corrected chi connectivity index (χ3v) is 2.33. The molecule has 1 rings (SSSR count). The monoisotopic (exact) mass is 206 g/mol. The van der Waals surface area contributed by atoms with Crippen LogP contribution in [-0.4, -0.2) is 10.9 Å². The lowest BCUT2D eigenvalue weighted by Gasteiger charge is -2.10. The molecule has 0 radical (unpaired) electrons. The zero-order valence-corrected chi connectivity index (χ0v) is 9.79. The summed E-state index contributed by atoms with van der Waals surface area (Å²) >= 11 is 0. The summed E-state index contributed by atoms with van der Waals surface area (Å²) in [4.78, 5) is 11.8. The minimum absolute atomic E-state index is 0.0278. The Morgan fingerprint density at radius 3 is 2.40 bits per heavy atom. The van der Waals surface area contributed by atoms with E-state index in [-0.39, 0.29) is 11.5 Å². The van der Waals surface area contributed by atoms with Gasteiger partial charge in [0.2, 0.25) is 0 Å². The number of hydrogen-bond donors (Lipinski definition) is 1. The van der Waals surface area contributed by atoms with Gasteiger partial charge in [-0.05, 0) is 37.0 Å². The number of aryl methyl sites for hydroxylation is 2. The molecule has 0 saturated carbocycles. The van der Waals surface area contributed by atoms with Gasteiger partial charge in [-0.3, -0.25) is 4.79 Å². The van der Waals surface area contributed by atoms with Gasteiger partial charge >= 0.3 is 0 Å². The van der Waals surface area contributed by atoms with Crippen molar-refractivity contribution >= 4 is 5.78 Å². The van der Waals surface area contributed by atoms with Gasteiger partial charge in [-0.2, -0.15) is 0 Å². The Morgan fingerprint density at radius 2 is 1.93 bits per heavy atom.